The van der Waals surface area contributed by atoms with Crippen LogP contribution in [0.15, 0.2) is 42.5 Å². The highest BCUT2D eigenvalue weighted by molar-refractivity contribution is 6.33. The van der Waals surface area contributed by atoms with E-state index in [1.54, 1.807) is 31.4 Å². The Balaban J connectivity index is 2.23. The lowest BCUT2D eigenvalue weighted by atomic mass is 10.1. The standard InChI is InChI=1S/C15H14ClNO2/c1-10-7-8-11(9-14(10)19-2)15(18)17-13-6-4-3-5-12(13)16/h3-9H,1-2H3,(H,17,18). The minimum Gasteiger partial charge on any atom is -0.496 e. The van der Waals surface area contributed by atoms with Crippen LogP contribution in [-0.4, -0.2) is 13.0 Å². The molecule has 0 radical (unpaired) electrons. The molecule has 98 valence electrons. The average molecular weight is 276 g/mol. The monoisotopic (exact) mass is 275 g/mol. The van der Waals surface area contributed by atoms with Gasteiger partial charge in [-0.15, -0.1) is 0 Å². The molecule has 0 saturated heterocycles. The van der Waals surface area contributed by atoms with Gasteiger partial charge < -0.3 is 10.1 Å². The molecule has 0 atom stereocenters. The Morgan fingerprint density at radius 2 is 1.95 bits per heavy atom. The summed E-state index contributed by atoms with van der Waals surface area (Å²) in [6.07, 6.45) is 0. The van der Waals surface area contributed by atoms with Gasteiger partial charge in [-0.1, -0.05) is 29.8 Å². The zero-order valence-electron chi connectivity index (χ0n) is 10.7. The van der Waals surface area contributed by atoms with E-state index in [2.05, 4.69) is 5.32 Å². The van der Waals surface area contributed by atoms with Crippen molar-refractivity contribution in [3.05, 3.63) is 58.6 Å². The number of carbonyl (C=O) groups is 1. The Labute approximate surface area is 117 Å². The van der Waals surface area contributed by atoms with Gasteiger partial charge in [0.25, 0.3) is 5.91 Å². The molecule has 2 aromatic rings. The lowest BCUT2D eigenvalue weighted by Crippen LogP contribution is -2.12. The Kier molecular flexibility index (Phi) is 4.07. The van der Waals surface area contributed by atoms with Crippen molar-refractivity contribution in [1.82, 2.24) is 0 Å². The zero-order valence-corrected chi connectivity index (χ0v) is 11.5. The smallest absolute Gasteiger partial charge is 0.255 e. The van der Waals surface area contributed by atoms with Gasteiger partial charge in [-0.25, -0.2) is 0 Å². The molecular formula is C15H14ClNO2. The fourth-order valence-electron chi connectivity index (χ4n) is 1.72. The molecule has 2 rings (SSSR count). The first kappa shape index (κ1) is 13.4. The van der Waals surface area contributed by atoms with E-state index in [1.165, 1.54) is 0 Å². The number of nitrogens with one attached hydrogen (secondary N) is 1. The summed E-state index contributed by atoms with van der Waals surface area (Å²) in [5, 5.41) is 3.28. The van der Waals surface area contributed by atoms with Crippen LogP contribution in [0.2, 0.25) is 5.02 Å². The van der Waals surface area contributed by atoms with Crippen LogP contribution in [0.25, 0.3) is 0 Å². The number of carbonyl (C=O) groups excluding carboxylic acids is 1. The van der Waals surface area contributed by atoms with Gasteiger partial charge in [0.2, 0.25) is 0 Å². The predicted octanol–water partition coefficient (Wildman–Crippen LogP) is 3.91. The summed E-state index contributed by atoms with van der Waals surface area (Å²) in [5.41, 5.74) is 2.10. The maximum atomic E-state index is 12.1. The van der Waals surface area contributed by atoms with E-state index in [9.17, 15) is 4.79 Å². The van der Waals surface area contributed by atoms with Crippen LogP contribution < -0.4 is 10.1 Å². The number of amides is 1. The number of aryl methyl sites for hydroxylation is 1. The largest absolute Gasteiger partial charge is 0.496 e. The number of benzene rings is 2. The highest BCUT2D eigenvalue weighted by Crippen LogP contribution is 2.23. The third-order valence-corrected chi connectivity index (χ3v) is 3.12. The van der Waals surface area contributed by atoms with Crippen LogP contribution in [0.4, 0.5) is 5.69 Å². The lowest BCUT2D eigenvalue weighted by molar-refractivity contribution is 0.102. The predicted molar refractivity (Wildman–Crippen MR) is 77.1 cm³/mol. The van der Waals surface area contributed by atoms with Crippen LogP contribution in [0, 0.1) is 6.92 Å². The van der Waals surface area contributed by atoms with Crippen LogP contribution in [0.5, 0.6) is 5.75 Å². The molecule has 0 unspecified atom stereocenters. The van der Waals surface area contributed by atoms with Crippen LogP contribution in [-0.2, 0) is 0 Å². The molecule has 0 aliphatic heterocycles. The van der Waals surface area contributed by atoms with Gasteiger partial charge in [0.05, 0.1) is 17.8 Å². The molecule has 1 amide bonds. The number of ether oxygens (including phenoxy) is 1. The number of hydrogen-bond acceptors (Lipinski definition) is 2. The van der Waals surface area contributed by atoms with Crippen molar-refractivity contribution in [2.24, 2.45) is 0 Å². The summed E-state index contributed by atoms with van der Waals surface area (Å²) in [4.78, 5) is 12.1. The first-order valence-corrected chi connectivity index (χ1v) is 6.20. The van der Waals surface area contributed by atoms with Gasteiger partial charge in [0.15, 0.2) is 0 Å². The van der Waals surface area contributed by atoms with Crippen LogP contribution >= 0.6 is 11.6 Å². The van der Waals surface area contributed by atoms with Gasteiger partial charge in [-0.05, 0) is 36.8 Å². The van der Waals surface area contributed by atoms with Crippen molar-refractivity contribution in [3.8, 4) is 5.75 Å². The van der Waals surface area contributed by atoms with E-state index in [-0.39, 0.29) is 5.91 Å². The van der Waals surface area contributed by atoms with Gasteiger partial charge in [0, 0.05) is 5.56 Å². The average Bonchev–Trinajstić information content (AvgIpc) is 2.42. The molecular weight excluding hydrogens is 262 g/mol. The quantitative estimate of drug-likeness (QED) is 0.922. The molecule has 0 heterocycles. The van der Waals surface area contributed by atoms with Crippen molar-refractivity contribution in [2.75, 3.05) is 12.4 Å². The van der Waals surface area contributed by atoms with E-state index in [4.69, 9.17) is 16.3 Å². The van der Waals surface area contributed by atoms with E-state index >= 15 is 0 Å². The molecule has 0 bridgehead atoms. The third-order valence-electron chi connectivity index (χ3n) is 2.79. The van der Waals surface area contributed by atoms with Crippen LogP contribution in [0.1, 0.15) is 15.9 Å². The van der Waals surface area contributed by atoms with Gasteiger partial charge >= 0.3 is 0 Å². The topological polar surface area (TPSA) is 38.3 Å². The van der Waals surface area contributed by atoms with E-state index in [0.717, 1.165) is 5.56 Å². The van der Waals surface area contributed by atoms with Gasteiger partial charge in [0.1, 0.15) is 5.75 Å². The fourth-order valence-corrected chi connectivity index (χ4v) is 1.90. The lowest BCUT2D eigenvalue weighted by Gasteiger charge is -2.09. The zero-order chi connectivity index (χ0) is 13.8. The number of halogens is 1. The molecule has 1 N–H and O–H groups in total. The Morgan fingerprint density at radius 3 is 2.63 bits per heavy atom. The minimum absolute atomic E-state index is 0.216. The van der Waals surface area contributed by atoms with Gasteiger partial charge in [-0.2, -0.15) is 0 Å². The fraction of sp³-hybridized carbons (Fsp3) is 0.133. The summed E-state index contributed by atoms with van der Waals surface area (Å²) in [6, 6.07) is 12.4. The second-order valence-electron chi connectivity index (χ2n) is 4.12. The first-order chi connectivity index (χ1) is 9.11. The molecule has 0 spiro atoms. The van der Waals surface area contributed by atoms with E-state index < -0.39 is 0 Å². The highest BCUT2D eigenvalue weighted by atomic mass is 35.5. The molecule has 0 fully saturated rings. The van der Waals surface area contributed by atoms with Gasteiger partial charge in [-0.3, -0.25) is 4.79 Å². The number of hydrogen-bond donors (Lipinski definition) is 1. The summed E-state index contributed by atoms with van der Waals surface area (Å²) in [5.74, 6) is 0.471. The summed E-state index contributed by atoms with van der Waals surface area (Å²) < 4.78 is 5.20. The number of anilines is 1. The Bertz CT molecular complexity index is 611. The molecule has 3 nitrogen and oxygen atoms in total. The highest BCUT2D eigenvalue weighted by Gasteiger charge is 2.10. The summed E-state index contributed by atoms with van der Waals surface area (Å²) in [7, 11) is 1.58. The second kappa shape index (κ2) is 5.76. The van der Waals surface area contributed by atoms with Crippen molar-refractivity contribution < 1.29 is 9.53 Å². The molecule has 0 aliphatic rings. The molecule has 19 heavy (non-hydrogen) atoms. The Morgan fingerprint density at radius 1 is 1.21 bits per heavy atom. The van der Waals surface area contributed by atoms with Crippen molar-refractivity contribution in [1.29, 1.82) is 0 Å². The van der Waals surface area contributed by atoms with Crippen molar-refractivity contribution in [3.63, 3.8) is 0 Å². The maximum Gasteiger partial charge on any atom is 0.255 e. The molecule has 0 saturated carbocycles. The van der Waals surface area contributed by atoms with E-state index in [1.807, 2.05) is 25.1 Å². The normalized spacial score (nSPS) is 10.1. The van der Waals surface area contributed by atoms with E-state index in [0.29, 0.717) is 22.0 Å². The minimum atomic E-state index is -0.216. The first-order valence-electron chi connectivity index (χ1n) is 5.82. The molecule has 4 heteroatoms. The second-order valence-corrected chi connectivity index (χ2v) is 4.53. The number of rotatable bonds is 3. The third kappa shape index (κ3) is 3.06. The number of para-hydroxylation sites is 1. The molecule has 0 aliphatic carbocycles. The van der Waals surface area contributed by atoms with Crippen LogP contribution in [0.3, 0.4) is 0 Å². The summed E-state index contributed by atoms with van der Waals surface area (Å²) >= 11 is 6.00. The summed E-state index contributed by atoms with van der Waals surface area (Å²) in [6.45, 7) is 1.93. The molecule has 0 aromatic heterocycles. The number of methoxy groups -OCH3 is 1. The molecule has 2 aromatic carbocycles. The van der Waals surface area contributed by atoms with Crippen molar-refractivity contribution >= 4 is 23.2 Å². The van der Waals surface area contributed by atoms with Crippen molar-refractivity contribution in [2.45, 2.75) is 6.92 Å². The Hall–Kier alpha value is -2.00. The SMILES string of the molecule is COc1cc(C(=O)Nc2ccccc2Cl)ccc1C. The maximum absolute atomic E-state index is 12.1.